The topological polar surface area (TPSA) is 85.9 Å². The van der Waals surface area contributed by atoms with Gasteiger partial charge in [0.15, 0.2) is 11.5 Å². The lowest BCUT2D eigenvalue weighted by molar-refractivity contribution is -0.136. The lowest BCUT2D eigenvalue weighted by Gasteiger charge is -2.29. The molecule has 0 saturated heterocycles. The van der Waals surface area contributed by atoms with Crippen LogP contribution in [0.25, 0.3) is 0 Å². The molecule has 26 heavy (non-hydrogen) atoms. The van der Waals surface area contributed by atoms with Gasteiger partial charge in [-0.1, -0.05) is 18.5 Å². The number of esters is 1. The summed E-state index contributed by atoms with van der Waals surface area (Å²) in [5.74, 6) is 0.355. The number of methoxy groups -OCH3 is 1. The summed E-state index contributed by atoms with van der Waals surface area (Å²) in [6.45, 7) is 6.38. The molecule has 1 aromatic rings. The van der Waals surface area contributed by atoms with Crippen LogP contribution in [0.1, 0.15) is 38.8 Å². The molecular weight excluding hydrogens is 360 g/mol. The van der Waals surface area contributed by atoms with Gasteiger partial charge < -0.3 is 24.8 Å². The van der Waals surface area contributed by atoms with Gasteiger partial charge in [-0.15, -0.1) is 0 Å². The lowest BCUT2D eigenvalue weighted by Crippen LogP contribution is -2.45. The third kappa shape index (κ3) is 4.04. The van der Waals surface area contributed by atoms with Gasteiger partial charge in [0.25, 0.3) is 0 Å². The normalized spacial score (nSPS) is 16.7. The van der Waals surface area contributed by atoms with Gasteiger partial charge >= 0.3 is 12.0 Å². The first-order chi connectivity index (χ1) is 12.5. The average Bonchev–Trinajstić information content (AvgIpc) is 2.63. The van der Waals surface area contributed by atoms with Crippen LogP contribution in [0.5, 0.6) is 11.5 Å². The fourth-order valence-corrected chi connectivity index (χ4v) is 3.07. The number of nitrogens with one attached hydrogen (secondary N) is 2. The maximum absolute atomic E-state index is 12.3. The highest BCUT2D eigenvalue weighted by Gasteiger charge is 2.33. The molecule has 1 atom stereocenters. The van der Waals surface area contributed by atoms with Crippen molar-refractivity contribution in [1.82, 2.24) is 10.6 Å². The van der Waals surface area contributed by atoms with Crippen molar-refractivity contribution in [2.24, 2.45) is 0 Å². The fourth-order valence-electron chi connectivity index (χ4n) is 2.80. The van der Waals surface area contributed by atoms with Gasteiger partial charge in [0.1, 0.15) is 0 Å². The Hall–Kier alpha value is -2.41. The number of urea groups is 1. The maximum Gasteiger partial charge on any atom is 0.337 e. The van der Waals surface area contributed by atoms with Crippen molar-refractivity contribution in [3.8, 4) is 11.5 Å². The highest BCUT2D eigenvalue weighted by Crippen LogP contribution is 2.40. The van der Waals surface area contributed by atoms with Crippen molar-refractivity contribution in [2.45, 2.75) is 33.2 Å². The van der Waals surface area contributed by atoms with E-state index in [0.29, 0.717) is 53.0 Å². The molecule has 0 spiro atoms. The predicted octanol–water partition coefficient (Wildman–Crippen LogP) is 3.33. The van der Waals surface area contributed by atoms with Crippen LogP contribution in [0.4, 0.5) is 4.79 Å². The first-order valence-corrected chi connectivity index (χ1v) is 8.82. The number of carbonyl (C=O) groups is 2. The zero-order valence-corrected chi connectivity index (χ0v) is 16.0. The van der Waals surface area contributed by atoms with Crippen molar-refractivity contribution in [3.63, 3.8) is 0 Å². The average molecular weight is 383 g/mol. The number of allylic oxidation sites excluding steroid dienone is 1. The molecule has 0 aromatic heterocycles. The van der Waals surface area contributed by atoms with E-state index in [1.54, 1.807) is 12.1 Å². The van der Waals surface area contributed by atoms with Crippen molar-refractivity contribution in [1.29, 1.82) is 0 Å². The van der Waals surface area contributed by atoms with E-state index in [9.17, 15) is 9.59 Å². The Labute approximate surface area is 157 Å². The zero-order chi connectivity index (χ0) is 19.3. The Morgan fingerprint density at radius 2 is 1.88 bits per heavy atom. The largest absolute Gasteiger partial charge is 0.490 e. The fraction of sp³-hybridized carbons (Fsp3) is 0.444. The minimum Gasteiger partial charge on any atom is -0.490 e. The van der Waals surface area contributed by atoms with Crippen LogP contribution in [0, 0.1) is 0 Å². The standard InChI is InChI=1S/C18H23ClN2O5/c1-5-12-14(17(22)24-4)15(21-18(23)20-12)10-8-11(19)16(26-7-3)13(9-10)25-6-2/h8-9,15H,5-7H2,1-4H3,(H2,20,21,23). The second kappa shape index (κ2) is 8.80. The SMILES string of the molecule is CCOc1cc(C2NC(=O)NC(CC)=C2C(=O)OC)cc(Cl)c1OCC. The van der Waals surface area contributed by atoms with Crippen molar-refractivity contribution >= 4 is 23.6 Å². The molecule has 7 nitrogen and oxygen atoms in total. The Morgan fingerprint density at radius 1 is 1.19 bits per heavy atom. The molecule has 2 amide bonds. The van der Waals surface area contributed by atoms with E-state index in [0.717, 1.165) is 0 Å². The van der Waals surface area contributed by atoms with E-state index in [-0.39, 0.29) is 0 Å². The summed E-state index contributed by atoms with van der Waals surface area (Å²) < 4.78 is 16.1. The second-order valence-corrected chi connectivity index (χ2v) is 5.87. The van der Waals surface area contributed by atoms with E-state index in [4.69, 9.17) is 25.8 Å². The number of rotatable bonds is 7. The molecule has 0 bridgehead atoms. The molecule has 0 aliphatic carbocycles. The van der Waals surface area contributed by atoms with Gasteiger partial charge in [-0.3, -0.25) is 0 Å². The highest BCUT2D eigenvalue weighted by molar-refractivity contribution is 6.32. The molecular formula is C18H23ClN2O5. The first kappa shape index (κ1) is 19.9. The minimum atomic E-state index is -0.710. The highest BCUT2D eigenvalue weighted by atomic mass is 35.5. The van der Waals surface area contributed by atoms with Gasteiger partial charge in [-0.25, -0.2) is 9.59 Å². The number of hydrogen-bond donors (Lipinski definition) is 2. The zero-order valence-electron chi connectivity index (χ0n) is 15.3. The number of hydrogen-bond acceptors (Lipinski definition) is 5. The molecule has 142 valence electrons. The molecule has 1 aromatic carbocycles. The molecule has 8 heteroatoms. The van der Waals surface area contributed by atoms with Crippen molar-refractivity contribution < 1.29 is 23.8 Å². The van der Waals surface area contributed by atoms with Crippen LogP contribution in [-0.4, -0.2) is 32.3 Å². The molecule has 1 aliphatic heterocycles. The van der Waals surface area contributed by atoms with Crippen LogP contribution < -0.4 is 20.1 Å². The summed E-state index contributed by atoms with van der Waals surface area (Å²) >= 11 is 6.37. The number of carbonyl (C=O) groups excluding carboxylic acids is 2. The van der Waals surface area contributed by atoms with E-state index in [1.807, 2.05) is 20.8 Å². The Morgan fingerprint density at radius 3 is 2.46 bits per heavy atom. The lowest BCUT2D eigenvalue weighted by atomic mass is 9.94. The molecule has 2 N–H and O–H groups in total. The molecule has 1 aliphatic rings. The molecule has 0 fully saturated rings. The van der Waals surface area contributed by atoms with E-state index in [1.165, 1.54) is 7.11 Å². The molecule has 1 unspecified atom stereocenters. The molecule has 1 heterocycles. The number of halogens is 1. The van der Waals surface area contributed by atoms with Gasteiger partial charge in [0, 0.05) is 5.70 Å². The Balaban J connectivity index is 2.59. The van der Waals surface area contributed by atoms with E-state index >= 15 is 0 Å². The van der Waals surface area contributed by atoms with Crippen LogP contribution in [0.2, 0.25) is 5.02 Å². The summed E-state index contributed by atoms with van der Waals surface area (Å²) in [5.41, 5.74) is 1.44. The molecule has 0 saturated carbocycles. The van der Waals surface area contributed by atoms with Crippen LogP contribution in [0.3, 0.4) is 0 Å². The number of benzene rings is 1. The third-order valence-electron chi connectivity index (χ3n) is 3.87. The summed E-state index contributed by atoms with van der Waals surface area (Å²) in [4.78, 5) is 24.4. The quantitative estimate of drug-likeness (QED) is 0.706. The van der Waals surface area contributed by atoms with E-state index in [2.05, 4.69) is 10.6 Å². The number of ether oxygens (including phenoxy) is 3. The second-order valence-electron chi connectivity index (χ2n) is 5.46. The molecule has 0 radical (unpaired) electrons. The van der Waals surface area contributed by atoms with Crippen LogP contribution >= 0.6 is 11.6 Å². The van der Waals surface area contributed by atoms with Gasteiger partial charge in [-0.05, 0) is 38.0 Å². The summed E-state index contributed by atoms with van der Waals surface area (Å²) in [6, 6.07) is 2.26. The Kier molecular flexibility index (Phi) is 6.74. The molecule has 2 rings (SSSR count). The Bertz CT molecular complexity index is 733. The van der Waals surface area contributed by atoms with Crippen LogP contribution in [0.15, 0.2) is 23.4 Å². The van der Waals surface area contributed by atoms with Gasteiger partial charge in [-0.2, -0.15) is 0 Å². The summed E-state index contributed by atoms with van der Waals surface area (Å²) in [6.07, 6.45) is 0.470. The smallest absolute Gasteiger partial charge is 0.337 e. The predicted molar refractivity (Wildman–Crippen MR) is 97.5 cm³/mol. The maximum atomic E-state index is 12.3. The summed E-state index contributed by atoms with van der Waals surface area (Å²) in [7, 11) is 1.30. The monoisotopic (exact) mass is 382 g/mol. The van der Waals surface area contributed by atoms with Crippen LogP contribution in [-0.2, 0) is 9.53 Å². The van der Waals surface area contributed by atoms with Gasteiger partial charge in [0.05, 0.1) is 37.0 Å². The van der Waals surface area contributed by atoms with E-state index < -0.39 is 18.0 Å². The van der Waals surface area contributed by atoms with Crippen molar-refractivity contribution in [2.75, 3.05) is 20.3 Å². The minimum absolute atomic E-state index is 0.331. The van der Waals surface area contributed by atoms with Gasteiger partial charge in [0.2, 0.25) is 0 Å². The first-order valence-electron chi connectivity index (χ1n) is 8.44. The third-order valence-corrected chi connectivity index (χ3v) is 4.15. The number of amides is 2. The van der Waals surface area contributed by atoms with Crippen molar-refractivity contribution in [3.05, 3.63) is 34.0 Å². The summed E-state index contributed by atoms with van der Waals surface area (Å²) in [5, 5.41) is 5.74.